The molecule has 0 aromatic carbocycles. The highest BCUT2D eigenvalue weighted by molar-refractivity contribution is 5.52. The zero-order chi connectivity index (χ0) is 22.2. The molecule has 0 saturated carbocycles. The third kappa shape index (κ3) is 6.31. The second-order valence-corrected chi connectivity index (χ2v) is 8.35. The highest BCUT2D eigenvalue weighted by Gasteiger charge is 2.17. The number of pyridine rings is 2. The van der Waals surface area contributed by atoms with E-state index in [-0.39, 0.29) is 0 Å². The Bertz CT molecular complexity index is 811. The zero-order valence-electron chi connectivity index (χ0n) is 19.3. The maximum absolute atomic E-state index is 5.40. The monoisotopic (exact) mass is 441 g/mol. The summed E-state index contributed by atoms with van der Waals surface area (Å²) in [5.41, 5.74) is 2.52. The molecule has 2 aromatic rings. The van der Waals surface area contributed by atoms with Gasteiger partial charge in [0, 0.05) is 45.5 Å². The van der Waals surface area contributed by atoms with Crippen LogP contribution in [-0.4, -0.2) is 88.9 Å². The zero-order valence-corrected chi connectivity index (χ0v) is 19.3. The van der Waals surface area contributed by atoms with E-state index in [1.165, 1.54) is 11.1 Å². The summed E-state index contributed by atoms with van der Waals surface area (Å²) in [6.07, 6.45) is 1.86. The fourth-order valence-corrected chi connectivity index (χ4v) is 4.03. The molecule has 3 aliphatic rings. The van der Waals surface area contributed by atoms with Crippen molar-refractivity contribution >= 4 is 17.5 Å². The maximum Gasteiger partial charge on any atom is 0.131 e. The van der Waals surface area contributed by atoms with Gasteiger partial charge >= 0.3 is 0 Å². The van der Waals surface area contributed by atoms with E-state index in [4.69, 9.17) is 19.2 Å². The van der Waals surface area contributed by atoms with E-state index in [1.807, 2.05) is 12.3 Å². The number of aromatic nitrogens is 2. The molecule has 5 rings (SSSR count). The molecule has 3 aliphatic heterocycles. The summed E-state index contributed by atoms with van der Waals surface area (Å²) in [7, 11) is 0. The number of nitrogens with zero attached hydrogens (tertiary/aromatic N) is 5. The van der Waals surface area contributed by atoms with Crippen LogP contribution < -0.4 is 14.7 Å². The number of morpholine rings is 3. The molecule has 0 N–H and O–H groups in total. The van der Waals surface area contributed by atoms with Crippen molar-refractivity contribution in [1.82, 2.24) is 9.97 Å². The smallest absolute Gasteiger partial charge is 0.131 e. The number of hydrogen-bond acceptors (Lipinski definition) is 8. The predicted octanol–water partition coefficient (Wildman–Crippen LogP) is 2.29. The molecule has 0 atom stereocenters. The summed E-state index contributed by atoms with van der Waals surface area (Å²) >= 11 is 0. The van der Waals surface area contributed by atoms with Crippen molar-refractivity contribution in [3.63, 3.8) is 0 Å². The van der Waals surface area contributed by atoms with Crippen LogP contribution in [0.25, 0.3) is 0 Å². The fraction of sp³-hybridized carbons (Fsp3) is 0.583. The molecular weight excluding hydrogens is 406 g/mol. The lowest BCUT2D eigenvalue weighted by atomic mass is 10.2. The van der Waals surface area contributed by atoms with Crippen LogP contribution in [0, 0.1) is 13.8 Å². The molecule has 0 bridgehead atoms. The van der Waals surface area contributed by atoms with Gasteiger partial charge < -0.3 is 28.9 Å². The highest BCUT2D eigenvalue weighted by Crippen LogP contribution is 2.22. The van der Waals surface area contributed by atoms with Crippen LogP contribution in [0.1, 0.15) is 11.1 Å². The number of hydrogen-bond donors (Lipinski definition) is 0. The van der Waals surface area contributed by atoms with E-state index in [0.29, 0.717) is 0 Å². The van der Waals surface area contributed by atoms with Crippen molar-refractivity contribution in [3.8, 4) is 0 Å². The van der Waals surface area contributed by atoms with E-state index in [0.717, 1.165) is 96.4 Å². The predicted molar refractivity (Wildman–Crippen MR) is 127 cm³/mol. The van der Waals surface area contributed by atoms with E-state index >= 15 is 0 Å². The standard InChI is InChI=1S/C14H21N3O2.C10H14N2O/c1-12-10-13(16-2-6-18-7-3-16)15-14(11-12)17-4-8-19-9-5-17;1-9-2-3-11-10(8-9)12-4-6-13-7-5-12/h10-11H,2-9H2,1H3;2-3,8H,4-7H2,1H3. The SMILES string of the molecule is Cc1cc(N2CCOCC2)nc(N2CCOCC2)c1.Cc1ccnc(N2CCOCC2)c1. The first-order valence-corrected chi connectivity index (χ1v) is 11.6. The lowest BCUT2D eigenvalue weighted by molar-refractivity contribution is 0.121. The summed E-state index contributed by atoms with van der Waals surface area (Å²) < 4.78 is 16.1. The second kappa shape index (κ2) is 11.4. The van der Waals surface area contributed by atoms with Gasteiger partial charge in [-0.15, -0.1) is 0 Å². The minimum atomic E-state index is 0.794. The van der Waals surface area contributed by atoms with Gasteiger partial charge in [0.2, 0.25) is 0 Å². The maximum atomic E-state index is 5.40. The molecule has 5 heterocycles. The first-order valence-electron chi connectivity index (χ1n) is 11.6. The molecule has 3 saturated heterocycles. The van der Waals surface area contributed by atoms with Crippen LogP contribution in [0.15, 0.2) is 30.5 Å². The second-order valence-electron chi connectivity index (χ2n) is 8.35. The third-order valence-electron chi connectivity index (χ3n) is 5.85. The van der Waals surface area contributed by atoms with Gasteiger partial charge in [-0.1, -0.05) is 0 Å². The lowest BCUT2D eigenvalue weighted by Gasteiger charge is -2.31. The molecule has 0 unspecified atom stereocenters. The Kier molecular flexibility index (Phi) is 8.14. The van der Waals surface area contributed by atoms with Crippen LogP contribution in [0.2, 0.25) is 0 Å². The molecular formula is C24H35N5O3. The van der Waals surface area contributed by atoms with Gasteiger partial charge in [0.15, 0.2) is 0 Å². The molecule has 8 heteroatoms. The molecule has 3 fully saturated rings. The molecule has 2 aromatic heterocycles. The summed E-state index contributed by atoms with van der Waals surface area (Å²) in [6.45, 7) is 14.7. The molecule has 0 aliphatic carbocycles. The summed E-state index contributed by atoms with van der Waals surface area (Å²) in [5.74, 6) is 3.22. The molecule has 0 amide bonds. The van der Waals surface area contributed by atoms with Crippen LogP contribution in [0.4, 0.5) is 17.5 Å². The Morgan fingerprint density at radius 3 is 1.44 bits per heavy atom. The van der Waals surface area contributed by atoms with Gasteiger partial charge in [0.1, 0.15) is 17.5 Å². The quantitative estimate of drug-likeness (QED) is 0.719. The normalized spacial score (nSPS) is 19.4. The fourth-order valence-electron chi connectivity index (χ4n) is 4.03. The lowest BCUT2D eigenvalue weighted by Crippen LogP contribution is -2.39. The summed E-state index contributed by atoms with van der Waals surface area (Å²) in [4.78, 5) is 16.0. The molecule has 8 nitrogen and oxygen atoms in total. The van der Waals surface area contributed by atoms with Gasteiger partial charge in [-0.25, -0.2) is 9.97 Å². The van der Waals surface area contributed by atoms with Gasteiger partial charge in [-0.2, -0.15) is 0 Å². The van der Waals surface area contributed by atoms with Gasteiger partial charge in [-0.05, 0) is 49.2 Å². The van der Waals surface area contributed by atoms with Crippen molar-refractivity contribution in [2.24, 2.45) is 0 Å². The largest absolute Gasteiger partial charge is 0.378 e. The highest BCUT2D eigenvalue weighted by atomic mass is 16.5. The Morgan fingerprint density at radius 2 is 1.00 bits per heavy atom. The number of anilines is 3. The van der Waals surface area contributed by atoms with Crippen LogP contribution in [-0.2, 0) is 14.2 Å². The van der Waals surface area contributed by atoms with Crippen LogP contribution in [0.3, 0.4) is 0 Å². The molecule has 0 spiro atoms. The number of ether oxygens (including phenoxy) is 3. The van der Waals surface area contributed by atoms with Crippen molar-refractivity contribution < 1.29 is 14.2 Å². The van der Waals surface area contributed by atoms with E-state index < -0.39 is 0 Å². The first-order chi connectivity index (χ1) is 15.7. The van der Waals surface area contributed by atoms with E-state index in [2.05, 4.69) is 51.7 Å². The summed E-state index contributed by atoms with van der Waals surface area (Å²) in [5, 5.41) is 0. The topological polar surface area (TPSA) is 63.2 Å². The van der Waals surface area contributed by atoms with Crippen molar-refractivity contribution in [1.29, 1.82) is 0 Å². The minimum absolute atomic E-state index is 0.794. The van der Waals surface area contributed by atoms with Gasteiger partial charge in [0.25, 0.3) is 0 Å². The Balaban J connectivity index is 0.000000165. The minimum Gasteiger partial charge on any atom is -0.378 e. The average molecular weight is 442 g/mol. The molecule has 32 heavy (non-hydrogen) atoms. The number of rotatable bonds is 3. The van der Waals surface area contributed by atoms with Crippen LogP contribution >= 0.6 is 0 Å². The van der Waals surface area contributed by atoms with E-state index in [1.54, 1.807) is 0 Å². The Morgan fingerprint density at radius 1 is 0.594 bits per heavy atom. The average Bonchev–Trinajstić information content (AvgIpc) is 2.86. The molecule has 0 radical (unpaired) electrons. The number of aryl methyl sites for hydroxylation is 2. The van der Waals surface area contributed by atoms with Crippen molar-refractivity contribution in [3.05, 3.63) is 41.6 Å². The Labute approximate surface area is 191 Å². The third-order valence-corrected chi connectivity index (χ3v) is 5.85. The van der Waals surface area contributed by atoms with E-state index in [9.17, 15) is 0 Å². The summed E-state index contributed by atoms with van der Waals surface area (Å²) in [6, 6.07) is 8.46. The molecule has 174 valence electrons. The van der Waals surface area contributed by atoms with Gasteiger partial charge in [-0.3, -0.25) is 0 Å². The van der Waals surface area contributed by atoms with Crippen molar-refractivity contribution in [2.75, 3.05) is 93.6 Å². The van der Waals surface area contributed by atoms with Crippen molar-refractivity contribution in [2.45, 2.75) is 13.8 Å². The Hall–Kier alpha value is -2.42. The van der Waals surface area contributed by atoms with Gasteiger partial charge in [0.05, 0.1) is 39.6 Å². The van der Waals surface area contributed by atoms with Crippen LogP contribution in [0.5, 0.6) is 0 Å². The first kappa shape index (κ1) is 22.8.